The van der Waals surface area contributed by atoms with Crippen molar-refractivity contribution < 1.29 is 5.11 Å². The minimum Gasteiger partial charge on any atom is -0.391 e. The minimum absolute atomic E-state index is 0.0713. The Morgan fingerprint density at radius 1 is 1.47 bits per heavy atom. The Morgan fingerprint density at radius 2 is 2.24 bits per heavy atom. The second-order valence-electron chi connectivity index (χ2n) is 5.01. The number of aromatic nitrogens is 2. The van der Waals surface area contributed by atoms with Crippen molar-refractivity contribution in [2.45, 2.75) is 37.8 Å². The van der Waals surface area contributed by atoms with E-state index in [1.54, 1.807) is 17.0 Å². The molecule has 1 heterocycles. The second-order valence-corrected chi connectivity index (χ2v) is 5.01. The molecular weight excluding hydrogens is 218 g/mol. The minimum atomic E-state index is -0.356. The van der Waals surface area contributed by atoms with Crippen molar-refractivity contribution in [3.05, 3.63) is 22.7 Å². The lowest BCUT2D eigenvalue weighted by molar-refractivity contribution is 0.164. The van der Waals surface area contributed by atoms with Crippen LogP contribution in [-0.2, 0) is 0 Å². The first-order chi connectivity index (χ1) is 8.25. The molecule has 2 saturated carbocycles. The lowest BCUT2D eigenvalue weighted by Crippen LogP contribution is -2.28. The third-order valence-corrected chi connectivity index (χ3v) is 3.45. The van der Waals surface area contributed by atoms with Crippen LogP contribution in [0, 0.1) is 5.92 Å². The van der Waals surface area contributed by atoms with Crippen LogP contribution in [-0.4, -0.2) is 27.3 Å². The van der Waals surface area contributed by atoms with Gasteiger partial charge in [0.05, 0.1) is 6.10 Å². The maximum Gasteiger partial charge on any atom is 0.293 e. The fourth-order valence-corrected chi connectivity index (χ4v) is 2.04. The van der Waals surface area contributed by atoms with Crippen molar-refractivity contribution in [1.82, 2.24) is 9.55 Å². The molecule has 0 radical (unpaired) electrons. The van der Waals surface area contributed by atoms with Crippen LogP contribution in [0.25, 0.3) is 0 Å². The highest BCUT2D eigenvalue weighted by Gasteiger charge is 2.30. The lowest BCUT2D eigenvalue weighted by Gasteiger charge is -2.11. The highest BCUT2D eigenvalue weighted by atomic mass is 16.3. The van der Waals surface area contributed by atoms with E-state index in [1.165, 1.54) is 0 Å². The number of hydrogen-bond acceptors (Lipinski definition) is 4. The second kappa shape index (κ2) is 4.14. The first-order valence-electron chi connectivity index (χ1n) is 6.25. The molecule has 0 spiro atoms. The summed E-state index contributed by atoms with van der Waals surface area (Å²) in [7, 11) is 0. The monoisotopic (exact) mass is 235 g/mol. The molecule has 17 heavy (non-hydrogen) atoms. The van der Waals surface area contributed by atoms with Crippen molar-refractivity contribution >= 4 is 5.82 Å². The summed E-state index contributed by atoms with van der Waals surface area (Å²) in [6.45, 7) is 0.418. The molecule has 1 unspecified atom stereocenters. The Hall–Kier alpha value is -1.36. The standard InChI is InChI=1S/C12H17N3O2/c16-10(8-1-2-8)7-14-11-12(17)15(6-5-13-11)9-3-4-9/h5-6,8-10,16H,1-4,7H2,(H,13,14). The Bertz CT molecular complexity index is 463. The maximum absolute atomic E-state index is 12.0. The van der Waals surface area contributed by atoms with Crippen molar-refractivity contribution in [2.75, 3.05) is 11.9 Å². The quantitative estimate of drug-likeness (QED) is 0.790. The summed E-state index contributed by atoms with van der Waals surface area (Å²) in [6.07, 6.45) is 7.37. The molecule has 3 rings (SSSR count). The van der Waals surface area contributed by atoms with E-state index in [-0.39, 0.29) is 11.7 Å². The van der Waals surface area contributed by atoms with Crippen LogP contribution in [0.2, 0.25) is 0 Å². The van der Waals surface area contributed by atoms with Crippen LogP contribution in [0.1, 0.15) is 31.7 Å². The van der Waals surface area contributed by atoms with Gasteiger partial charge in [-0.05, 0) is 31.6 Å². The van der Waals surface area contributed by atoms with Gasteiger partial charge < -0.3 is 15.0 Å². The predicted octanol–water partition coefficient (Wildman–Crippen LogP) is 0.761. The van der Waals surface area contributed by atoms with Gasteiger partial charge in [-0.2, -0.15) is 0 Å². The lowest BCUT2D eigenvalue weighted by atomic mass is 10.2. The number of aliphatic hydroxyl groups excluding tert-OH is 1. The van der Waals surface area contributed by atoms with E-state index in [4.69, 9.17) is 0 Å². The highest BCUT2D eigenvalue weighted by Crippen LogP contribution is 2.33. The molecule has 2 N–H and O–H groups in total. The summed E-state index contributed by atoms with van der Waals surface area (Å²) in [4.78, 5) is 16.0. The van der Waals surface area contributed by atoms with Gasteiger partial charge in [0.2, 0.25) is 0 Å². The SMILES string of the molecule is O=c1c(NCC(O)C2CC2)nccn1C1CC1. The van der Waals surface area contributed by atoms with Crippen molar-refractivity contribution in [1.29, 1.82) is 0 Å². The highest BCUT2D eigenvalue weighted by molar-refractivity contribution is 5.31. The zero-order chi connectivity index (χ0) is 11.8. The number of rotatable bonds is 5. The molecule has 2 aliphatic carbocycles. The molecule has 2 aliphatic rings. The molecule has 2 fully saturated rings. The smallest absolute Gasteiger partial charge is 0.293 e. The Balaban J connectivity index is 1.69. The molecule has 0 bridgehead atoms. The summed E-state index contributed by atoms with van der Waals surface area (Å²) in [5, 5.41) is 12.7. The molecule has 92 valence electrons. The largest absolute Gasteiger partial charge is 0.391 e. The van der Waals surface area contributed by atoms with Crippen molar-refractivity contribution in [3.8, 4) is 0 Å². The topological polar surface area (TPSA) is 67.2 Å². The molecule has 5 heteroatoms. The number of nitrogens with zero attached hydrogens (tertiary/aromatic N) is 2. The first kappa shape index (κ1) is 10.8. The van der Waals surface area contributed by atoms with Crippen LogP contribution in [0.5, 0.6) is 0 Å². The average molecular weight is 235 g/mol. The molecule has 0 aromatic carbocycles. The number of anilines is 1. The van der Waals surface area contributed by atoms with Crippen LogP contribution in [0.4, 0.5) is 5.82 Å². The fourth-order valence-electron chi connectivity index (χ4n) is 2.04. The molecule has 0 amide bonds. The van der Waals surface area contributed by atoms with E-state index in [2.05, 4.69) is 10.3 Å². The predicted molar refractivity (Wildman–Crippen MR) is 64.0 cm³/mol. The van der Waals surface area contributed by atoms with Gasteiger partial charge in [-0.25, -0.2) is 4.98 Å². The molecule has 0 aliphatic heterocycles. The fraction of sp³-hybridized carbons (Fsp3) is 0.667. The van der Waals surface area contributed by atoms with Gasteiger partial charge in [-0.15, -0.1) is 0 Å². The Morgan fingerprint density at radius 3 is 2.88 bits per heavy atom. The van der Waals surface area contributed by atoms with Gasteiger partial charge in [-0.3, -0.25) is 4.79 Å². The van der Waals surface area contributed by atoms with Crippen LogP contribution < -0.4 is 10.9 Å². The van der Waals surface area contributed by atoms with Gasteiger partial charge in [-0.1, -0.05) is 0 Å². The molecular formula is C12H17N3O2. The summed E-state index contributed by atoms with van der Waals surface area (Å²) in [6, 6.07) is 0.361. The van der Waals surface area contributed by atoms with E-state index >= 15 is 0 Å². The summed E-state index contributed by atoms with van der Waals surface area (Å²) >= 11 is 0. The van der Waals surface area contributed by atoms with E-state index < -0.39 is 0 Å². The normalized spacial score (nSPS) is 21.2. The van der Waals surface area contributed by atoms with Crippen molar-refractivity contribution in [3.63, 3.8) is 0 Å². The average Bonchev–Trinajstić information content (AvgIpc) is 3.18. The van der Waals surface area contributed by atoms with E-state index in [9.17, 15) is 9.90 Å². The van der Waals surface area contributed by atoms with E-state index in [0.29, 0.717) is 24.3 Å². The molecule has 1 aromatic rings. The van der Waals surface area contributed by atoms with Gasteiger partial charge in [0, 0.05) is 25.0 Å². The van der Waals surface area contributed by atoms with Gasteiger partial charge in [0.25, 0.3) is 5.56 Å². The molecule has 5 nitrogen and oxygen atoms in total. The molecule has 0 saturated heterocycles. The molecule has 1 atom stereocenters. The third-order valence-electron chi connectivity index (χ3n) is 3.45. The van der Waals surface area contributed by atoms with Gasteiger partial charge in [0.1, 0.15) is 0 Å². The zero-order valence-electron chi connectivity index (χ0n) is 9.67. The van der Waals surface area contributed by atoms with Crippen LogP contribution >= 0.6 is 0 Å². The number of hydrogen-bond donors (Lipinski definition) is 2. The number of aliphatic hydroxyl groups is 1. The van der Waals surface area contributed by atoms with E-state index in [0.717, 1.165) is 25.7 Å². The number of nitrogens with one attached hydrogen (secondary N) is 1. The molecule has 1 aromatic heterocycles. The Kier molecular flexibility index (Phi) is 2.63. The van der Waals surface area contributed by atoms with Crippen LogP contribution in [0.15, 0.2) is 17.2 Å². The van der Waals surface area contributed by atoms with Crippen molar-refractivity contribution in [2.24, 2.45) is 5.92 Å². The van der Waals surface area contributed by atoms with Gasteiger partial charge in [0.15, 0.2) is 5.82 Å². The van der Waals surface area contributed by atoms with Gasteiger partial charge >= 0.3 is 0 Å². The zero-order valence-corrected chi connectivity index (χ0v) is 9.67. The van der Waals surface area contributed by atoms with E-state index in [1.807, 2.05) is 0 Å². The third kappa shape index (κ3) is 2.34. The summed E-state index contributed by atoms with van der Waals surface area (Å²) in [5.74, 6) is 0.774. The van der Waals surface area contributed by atoms with Crippen LogP contribution in [0.3, 0.4) is 0 Å². The maximum atomic E-state index is 12.0. The Labute approximate surface area is 99.5 Å². The first-order valence-corrected chi connectivity index (χ1v) is 6.25. The summed E-state index contributed by atoms with van der Waals surface area (Å²) < 4.78 is 1.73. The summed E-state index contributed by atoms with van der Waals surface area (Å²) in [5.41, 5.74) is -0.0713.